The Bertz CT molecular complexity index is 345. The molecule has 0 saturated carbocycles. The summed E-state index contributed by atoms with van der Waals surface area (Å²) in [6, 6.07) is 2.10. The number of nitrogen functional groups attached to an aromatic ring is 1. The number of rotatable bonds is 4. The third-order valence-electron chi connectivity index (χ3n) is 3.03. The molecule has 0 fully saturated rings. The lowest BCUT2D eigenvalue weighted by atomic mass is 9.90. The van der Waals surface area contributed by atoms with Crippen LogP contribution in [0, 0.1) is 0 Å². The number of benzene rings is 1. The second kappa shape index (κ2) is 5.45. The Morgan fingerprint density at radius 3 is 1.93 bits per heavy atom. The molecule has 1 aromatic rings. The van der Waals surface area contributed by atoms with E-state index in [4.69, 9.17) is 5.73 Å². The highest BCUT2D eigenvalue weighted by Gasteiger charge is 2.12. The van der Waals surface area contributed by atoms with Gasteiger partial charge >= 0.3 is 0 Å². The van der Waals surface area contributed by atoms with Gasteiger partial charge in [0.05, 0.1) is 0 Å². The first-order valence-corrected chi connectivity index (χ1v) is 6.35. The van der Waals surface area contributed by atoms with E-state index in [0.717, 1.165) is 30.7 Å². The van der Waals surface area contributed by atoms with Crippen LogP contribution in [0.5, 0.6) is 0 Å². The second-order valence-electron chi connectivity index (χ2n) is 3.78. The quantitative estimate of drug-likeness (QED) is 0.594. The van der Waals surface area contributed by atoms with E-state index in [-0.39, 0.29) is 0 Å². The number of hydrogen-bond donors (Lipinski definition) is 2. The maximum Gasteiger partial charge on any atom is 0.0352 e. The van der Waals surface area contributed by atoms with Gasteiger partial charge in [0, 0.05) is 11.4 Å². The molecular weight excluding hydrogens is 202 g/mol. The van der Waals surface area contributed by atoms with Crippen LogP contribution in [0.25, 0.3) is 0 Å². The van der Waals surface area contributed by atoms with Crippen molar-refractivity contribution in [3.8, 4) is 0 Å². The van der Waals surface area contributed by atoms with E-state index in [2.05, 4.69) is 39.5 Å². The van der Waals surface area contributed by atoms with Gasteiger partial charge in [-0.15, -0.1) is 0 Å². The number of hydrogen-bond acceptors (Lipinski definition) is 2. The van der Waals surface area contributed by atoms with Crippen molar-refractivity contribution in [2.24, 2.45) is 0 Å². The zero-order valence-electron chi connectivity index (χ0n) is 9.93. The van der Waals surface area contributed by atoms with Gasteiger partial charge in [-0.2, -0.15) is 12.6 Å². The predicted octanol–water partition coefficient (Wildman–Crippen LogP) is 3.39. The van der Waals surface area contributed by atoms with Gasteiger partial charge in [-0.05, 0) is 47.6 Å². The molecule has 1 nitrogen and oxygen atoms in total. The molecular formula is C13H21NS. The van der Waals surface area contributed by atoms with Crippen LogP contribution < -0.4 is 5.73 Å². The van der Waals surface area contributed by atoms with Crippen LogP contribution in [0.1, 0.15) is 43.0 Å². The minimum absolute atomic E-state index is 0.782. The normalized spacial score (nSPS) is 10.7. The van der Waals surface area contributed by atoms with Crippen molar-refractivity contribution in [1.82, 2.24) is 0 Å². The Labute approximate surface area is 98.5 Å². The van der Waals surface area contributed by atoms with E-state index in [1.54, 1.807) is 0 Å². The molecule has 2 heteroatoms. The minimum Gasteiger partial charge on any atom is -0.398 e. The van der Waals surface area contributed by atoms with E-state index >= 15 is 0 Å². The fourth-order valence-corrected chi connectivity index (χ4v) is 2.62. The highest BCUT2D eigenvalue weighted by molar-refractivity contribution is 7.79. The molecule has 1 rings (SSSR count). The fraction of sp³-hybridized carbons (Fsp3) is 0.538. The van der Waals surface area contributed by atoms with Gasteiger partial charge in [-0.25, -0.2) is 0 Å². The standard InChI is InChI=1S/C13H21NS/c1-4-10-9(8-15)7-13(14)12(6-3)11(10)5-2/h7,15H,4-6,8,14H2,1-3H3. The molecule has 84 valence electrons. The Morgan fingerprint density at radius 2 is 1.53 bits per heavy atom. The first kappa shape index (κ1) is 12.4. The second-order valence-corrected chi connectivity index (χ2v) is 4.10. The van der Waals surface area contributed by atoms with Crippen molar-refractivity contribution in [1.29, 1.82) is 0 Å². The SMILES string of the molecule is CCc1c(N)cc(CS)c(CC)c1CC. The Morgan fingerprint density at radius 1 is 1.00 bits per heavy atom. The van der Waals surface area contributed by atoms with Crippen LogP contribution in [0.4, 0.5) is 5.69 Å². The monoisotopic (exact) mass is 223 g/mol. The third kappa shape index (κ3) is 2.31. The van der Waals surface area contributed by atoms with Gasteiger partial charge < -0.3 is 5.73 Å². The van der Waals surface area contributed by atoms with Gasteiger partial charge in [0.15, 0.2) is 0 Å². The number of thiol groups is 1. The van der Waals surface area contributed by atoms with Crippen molar-refractivity contribution < 1.29 is 0 Å². The van der Waals surface area contributed by atoms with Gasteiger partial charge in [-0.1, -0.05) is 20.8 Å². The Balaban J connectivity index is 3.44. The average Bonchev–Trinajstić information content (AvgIpc) is 2.27. The molecule has 2 N–H and O–H groups in total. The maximum absolute atomic E-state index is 6.07. The lowest BCUT2D eigenvalue weighted by Crippen LogP contribution is -2.06. The zero-order valence-corrected chi connectivity index (χ0v) is 10.8. The first-order valence-electron chi connectivity index (χ1n) is 5.72. The summed E-state index contributed by atoms with van der Waals surface area (Å²) in [5, 5.41) is 0. The molecule has 0 aliphatic carbocycles. The highest BCUT2D eigenvalue weighted by Crippen LogP contribution is 2.28. The summed E-state index contributed by atoms with van der Waals surface area (Å²) in [5.41, 5.74) is 12.6. The number of anilines is 1. The number of nitrogens with two attached hydrogens (primary N) is 1. The Hall–Kier alpha value is -0.630. The van der Waals surface area contributed by atoms with Crippen LogP contribution in [0.3, 0.4) is 0 Å². The van der Waals surface area contributed by atoms with Gasteiger partial charge in [0.1, 0.15) is 0 Å². The summed E-state index contributed by atoms with van der Waals surface area (Å²) in [5.74, 6) is 0.782. The minimum atomic E-state index is 0.782. The molecule has 15 heavy (non-hydrogen) atoms. The molecule has 0 aliphatic rings. The van der Waals surface area contributed by atoms with E-state index < -0.39 is 0 Å². The summed E-state index contributed by atoms with van der Waals surface area (Å²) < 4.78 is 0. The van der Waals surface area contributed by atoms with Gasteiger partial charge in [-0.3, -0.25) is 0 Å². The van der Waals surface area contributed by atoms with Crippen molar-refractivity contribution >= 4 is 18.3 Å². The molecule has 0 atom stereocenters. The lowest BCUT2D eigenvalue weighted by molar-refractivity contribution is 0.969. The van der Waals surface area contributed by atoms with Crippen molar-refractivity contribution in [2.75, 3.05) is 5.73 Å². The lowest BCUT2D eigenvalue weighted by Gasteiger charge is -2.18. The van der Waals surface area contributed by atoms with E-state index in [1.165, 1.54) is 22.3 Å². The third-order valence-corrected chi connectivity index (χ3v) is 3.37. The largest absolute Gasteiger partial charge is 0.398 e. The molecule has 0 aliphatic heterocycles. The summed E-state index contributed by atoms with van der Waals surface area (Å²) in [6.45, 7) is 6.58. The van der Waals surface area contributed by atoms with Crippen molar-refractivity contribution in [3.63, 3.8) is 0 Å². The molecule has 0 radical (unpaired) electrons. The highest BCUT2D eigenvalue weighted by atomic mass is 32.1. The molecule has 0 bridgehead atoms. The predicted molar refractivity (Wildman–Crippen MR) is 71.7 cm³/mol. The van der Waals surface area contributed by atoms with E-state index in [0.29, 0.717) is 0 Å². The average molecular weight is 223 g/mol. The molecule has 0 spiro atoms. The summed E-state index contributed by atoms with van der Waals surface area (Å²) in [6.07, 6.45) is 3.17. The smallest absolute Gasteiger partial charge is 0.0352 e. The maximum atomic E-state index is 6.07. The summed E-state index contributed by atoms with van der Waals surface area (Å²) >= 11 is 4.38. The van der Waals surface area contributed by atoms with Gasteiger partial charge in [0.25, 0.3) is 0 Å². The van der Waals surface area contributed by atoms with Crippen molar-refractivity contribution in [2.45, 2.75) is 45.8 Å². The van der Waals surface area contributed by atoms with Gasteiger partial charge in [0.2, 0.25) is 0 Å². The Kier molecular flexibility index (Phi) is 4.52. The molecule has 0 saturated heterocycles. The van der Waals surface area contributed by atoms with E-state index in [9.17, 15) is 0 Å². The van der Waals surface area contributed by atoms with Crippen LogP contribution >= 0.6 is 12.6 Å². The van der Waals surface area contributed by atoms with Crippen LogP contribution in [0.15, 0.2) is 6.07 Å². The molecule has 0 aromatic heterocycles. The molecule has 0 amide bonds. The van der Waals surface area contributed by atoms with Crippen molar-refractivity contribution in [3.05, 3.63) is 28.3 Å². The summed E-state index contributed by atoms with van der Waals surface area (Å²) in [7, 11) is 0. The zero-order chi connectivity index (χ0) is 11.4. The van der Waals surface area contributed by atoms with E-state index in [1.807, 2.05) is 0 Å². The first-order chi connectivity index (χ1) is 7.19. The molecule has 0 unspecified atom stereocenters. The van der Waals surface area contributed by atoms with Crippen LogP contribution in [0.2, 0.25) is 0 Å². The van der Waals surface area contributed by atoms with Crippen LogP contribution in [-0.2, 0) is 25.0 Å². The topological polar surface area (TPSA) is 26.0 Å². The summed E-state index contributed by atoms with van der Waals surface area (Å²) in [4.78, 5) is 0. The molecule has 0 heterocycles. The van der Waals surface area contributed by atoms with Crippen LogP contribution in [-0.4, -0.2) is 0 Å². The molecule has 1 aromatic carbocycles. The fourth-order valence-electron chi connectivity index (χ4n) is 2.34.